The summed E-state index contributed by atoms with van der Waals surface area (Å²) in [5.41, 5.74) is 0.778. The summed E-state index contributed by atoms with van der Waals surface area (Å²) in [6.07, 6.45) is 0.546. The van der Waals surface area contributed by atoms with E-state index in [1.165, 1.54) is 4.88 Å². The van der Waals surface area contributed by atoms with Gasteiger partial charge >= 0.3 is 0 Å². The maximum absolute atomic E-state index is 12.1. The van der Waals surface area contributed by atoms with E-state index in [0.29, 0.717) is 6.42 Å². The molecular weight excluding hydrogens is 402 g/mol. The normalized spacial score (nSPS) is 11.0. The first-order chi connectivity index (χ1) is 9.54. The molecule has 0 radical (unpaired) electrons. The number of rotatable bonds is 6. The van der Waals surface area contributed by atoms with Crippen molar-refractivity contribution in [3.05, 3.63) is 55.1 Å². The number of halogens is 2. The molecule has 0 spiro atoms. The molecule has 0 aliphatic carbocycles. The van der Waals surface area contributed by atoms with Gasteiger partial charge in [-0.05, 0) is 41.2 Å². The van der Waals surface area contributed by atoms with Crippen LogP contribution in [0.1, 0.15) is 21.7 Å². The fourth-order valence-electron chi connectivity index (χ4n) is 1.85. The van der Waals surface area contributed by atoms with Crippen LogP contribution in [0.5, 0.6) is 0 Å². The van der Waals surface area contributed by atoms with Crippen LogP contribution in [-0.2, 0) is 6.54 Å². The van der Waals surface area contributed by atoms with Crippen LogP contribution in [0.15, 0.2) is 44.7 Å². The van der Waals surface area contributed by atoms with Crippen LogP contribution in [-0.4, -0.2) is 24.3 Å². The molecule has 2 rings (SSSR count). The third-order valence-corrected chi connectivity index (χ3v) is 5.15. The lowest BCUT2D eigenvalue weighted by Gasteiger charge is -2.14. The van der Waals surface area contributed by atoms with Crippen LogP contribution in [0.2, 0.25) is 0 Å². The number of Topliss-reactive ketones (excluding diaryl/α,β-unsaturated/α-hetero) is 1. The first-order valence-electron chi connectivity index (χ1n) is 6.25. The molecular formula is C15H15Br2NOS. The van der Waals surface area contributed by atoms with E-state index in [2.05, 4.69) is 48.2 Å². The minimum absolute atomic E-state index is 0.191. The predicted octanol–water partition coefficient (Wildman–Crippen LogP) is 4.98. The van der Waals surface area contributed by atoms with Gasteiger partial charge in [0.15, 0.2) is 5.78 Å². The van der Waals surface area contributed by atoms with Crippen LogP contribution in [0, 0.1) is 0 Å². The van der Waals surface area contributed by atoms with E-state index in [0.717, 1.165) is 27.6 Å². The number of thiophene rings is 1. The van der Waals surface area contributed by atoms with Crippen molar-refractivity contribution in [2.45, 2.75) is 13.0 Å². The van der Waals surface area contributed by atoms with E-state index >= 15 is 0 Å². The van der Waals surface area contributed by atoms with Gasteiger partial charge in [-0.2, -0.15) is 0 Å². The molecule has 2 nitrogen and oxygen atoms in total. The third kappa shape index (κ3) is 4.81. The Hall–Kier alpha value is -0.490. The number of carbonyl (C=O) groups is 1. The van der Waals surface area contributed by atoms with Crippen molar-refractivity contribution >= 4 is 49.0 Å². The maximum atomic E-state index is 12.1. The lowest BCUT2D eigenvalue weighted by molar-refractivity contribution is 0.0968. The minimum Gasteiger partial charge on any atom is -0.301 e. The molecule has 0 unspecified atom stereocenters. The summed E-state index contributed by atoms with van der Waals surface area (Å²) in [5, 5.41) is 2.08. The maximum Gasteiger partial charge on any atom is 0.164 e. The van der Waals surface area contributed by atoms with E-state index < -0.39 is 0 Å². The molecule has 0 bridgehead atoms. The van der Waals surface area contributed by atoms with E-state index in [-0.39, 0.29) is 5.78 Å². The second-order valence-corrected chi connectivity index (χ2v) is 7.48. The molecule has 0 N–H and O–H groups in total. The number of nitrogens with zero attached hydrogens (tertiary/aromatic N) is 1. The van der Waals surface area contributed by atoms with E-state index in [1.54, 1.807) is 11.3 Å². The fourth-order valence-corrected chi connectivity index (χ4v) is 3.65. The van der Waals surface area contributed by atoms with Gasteiger partial charge in [0, 0.05) is 44.3 Å². The van der Waals surface area contributed by atoms with Gasteiger partial charge in [-0.25, -0.2) is 0 Å². The Morgan fingerprint density at radius 1 is 1.20 bits per heavy atom. The summed E-state index contributed by atoms with van der Waals surface area (Å²) in [6, 6.07) is 9.66. The molecule has 1 heterocycles. The molecule has 0 aliphatic heterocycles. The van der Waals surface area contributed by atoms with E-state index in [4.69, 9.17) is 0 Å². The molecule has 1 aromatic carbocycles. The van der Waals surface area contributed by atoms with Crippen molar-refractivity contribution in [3.8, 4) is 0 Å². The van der Waals surface area contributed by atoms with Crippen molar-refractivity contribution < 1.29 is 4.79 Å². The van der Waals surface area contributed by atoms with Crippen LogP contribution < -0.4 is 0 Å². The summed E-state index contributed by atoms with van der Waals surface area (Å²) >= 11 is 8.56. The number of hydrogen-bond acceptors (Lipinski definition) is 3. The number of carbonyl (C=O) groups excluding carboxylic acids is 1. The molecule has 20 heavy (non-hydrogen) atoms. The summed E-state index contributed by atoms with van der Waals surface area (Å²) in [6.45, 7) is 1.65. The zero-order chi connectivity index (χ0) is 14.5. The Bertz CT molecular complexity index is 580. The van der Waals surface area contributed by atoms with Crippen molar-refractivity contribution in [3.63, 3.8) is 0 Å². The highest BCUT2D eigenvalue weighted by atomic mass is 79.9. The third-order valence-electron chi connectivity index (χ3n) is 2.93. The smallest absolute Gasteiger partial charge is 0.164 e. The van der Waals surface area contributed by atoms with Crippen molar-refractivity contribution in [1.29, 1.82) is 0 Å². The van der Waals surface area contributed by atoms with Crippen LogP contribution >= 0.6 is 43.2 Å². The quantitative estimate of drug-likeness (QED) is 0.619. The van der Waals surface area contributed by atoms with Gasteiger partial charge in [-0.3, -0.25) is 4.79 Å². The SMILES string of the molecule is CN(CCC(=O)c1ccc(Br)cc1)Cc1cc(Br)cs1. The molecule has 0 amide bonds. The monoisotopic (exact) mass is 415 g/mol. The molecule has 0 saturated carbocycles. The van der Waals surface area contributed by atoms with Gasteiger partial charge in [0.05, 0.1) is 0 Å². The van der Waals surface area contributed by atoms with Crippen molar-refractivity contribution in [2.75, 3.05) is 13.6 Å². The zero-order valence-corrected chi connectivity index (χ0v) is 15.1. The van der Waals surface area contributed by atoms with Crippen molar-refractivity contribution in [2.24, 2.45) is 0 Å². The Morgan fingerprint density at radius 2 is 1.90 bits per heavy atom. The summed E-state index contributed by atoms with van der Waals surface area (Å²) in [5.74, 6) is 0.191. The average molecular weight is 417 g/mol. The highest BCUT2D eigenvalue weighted by Crippen LogP contribution is 2.21. The number of ketones is 1. The predicted molar refractivity (Wildman–Crippen MR) is 91.4 cm³/mol. The second-order valence-electron chi connectivity index (χ2n) is 4.65. The van der Waals surface area contributed by atoms with Gasteiger partial charge < -0.3 is 4.90 Å². The second kappa shape index (κ2) is 7.50. The van der Waals surface area contributed by atoms with Crippen LogP contribution in [0.25, 0.3) is 0 Å². The molecule has 1 aromatic heterocycles. The highest BCUT2D eigenvalue weighted by molar-refractivity contribution is 9.10. The first-order valence-corrected chi connectivity index (χ1v) is 8.71. The molecule has 0 fully saturated rings. The standard InChI is InChI=1S/C15H15Br2NOS/c1-18(9-14-8-13(17)10-20-14)7-6-15(19)11-2-4-12(16)5-3-11/h2-5,8,10H,6-7,9H2,1H3. The molecule has 0 saturated heterocycles. The molecule has 0 aliphatic rings. The van der Waals surface area contributed by atoms with Gasteiger partial charge in [0.2, 0.25) is 0 Å². The minimum atomic E-state index is 0.191. The van der Waals surface area contributed by atoms with Crippen molar-refractivity contribution in [1.82, 2.24) is 4.90 Å². The largest absolute Gasteiger partial charge is 0.301 e. The van der Waals surface area contributed by atoms with Crippen LogP contribution in [0.4, 0.5) is 0 Å². The zero-order valence-electron chi connectivity index (χ0n) is 11.1. The fraction of sp³-hybridized carbons (Fsp3) is 0.267. The van der Waals surface area contributed by atoms with E-state index in [9.17, 15) is 4.79 Å². The number of benzene rings is 1. The topological polar surface area (TPSA) is 20.3 Å². The molecule has 5 heteroatoms. The first kappa shape index (κ1) is 15.9. The van der Waals surface area contributed by atoms with E-state index in [1.807, 2.05) is 31.3 Å². The number of hydrogen-bond donors (Lipinski definition) is 0. The lowest BCUT2D eigenvalue weighted by Crippen LogP contribution is -2.21. The Morgan fingerprint density at radius 3 is 2.50 bits per heavy atom. The van der Waals surface area contributed by atoms with Gasteiger partial charge in [-0.1, -0.05) is 28.1 Å². The average Bonchev–Trinajstić information content (AvgIpc) is 2.82. The molecule has 2 aromatic rings. The molecule has 0 atom stereocenters. The Labute approximate surface area is 140 Å². The Kier molecular flexibility index (Phi) is 5.96. The van der Waals surface area contributed by atoms with Gasteiger partial charge in [0.1, 0.15) is 0 Å². The Balaban J connectivity index is 1.82. The highest BCUT2D eigenvalue weighted by Gasteiger charge is 2.08. The lowest BCUT2D eigenvalue weighted by atomic mass is 10.1. The van der Waals surface area contributed by atoms with Gasteiger partial charge in [-0.15, -0.1) is 11.3 Å². The summed E-state index contributed by atoms with van der Waals surface area (Å²) < 4.78 is 2.12. The van der Waals surface area contributed by atoms with Gasteiger partial charge in [0.25, 0.3) is 0 Å². The summed E-state index contributed by atoms with van der Waals surface area (Å²) in [4.78, 5) is 15.5. The molecule has 106 valence electrons. The summed E-state index contributed by atoms with van der Waals surface area (Å²) in [7, 11) is 2.04. The van der Waals surface area contributed by atoms with Crippen LogP contribution in [0.3, 0.4) is 0 Å².